The highest BCUT2D eigenvalue weighted by molar-refractivity contribution is 7.80. The molecule has 0 unspecified atom stereocenters. The molecule has 1 heterocycles. The number of carbonyl (C=O) groups is 2. The standard InChI is InChI=1S/C21H20ClN3O4S2/c1-4-28-16-8-6-12(9-14(16)22)18(26)24-20(30)25-21-23-15-7-5-13(10-17(15)31-21)19(27)29-11(2)3/h5-11H,4H2,1-3H3,(H2,23,24,25,26,30). The van der Waals surface area contributed by atoms with Crippen LogP contribution in [0.5, 0.6) is 5.75 Å². The van der Waals surface area contributed by atoms with Crippen LogP contribution in [-0.2, 0) is 4.74 Å². The fraction of sp³-hybridized carbons (Fsp3) is 0.238. The number of nitrogens with one attached hydrogen (secondary N) is 2. The summed E-state index contributed by atoms with van der Waals surface area (Å²) < 4.78 is 11.4. The number of esters is 1. The van der Waals surface area contributed by atoms with Crippen molar-refractivity contribution < 1.29 is 19.1 Å². The highest BCUT2D eigenvalue weighted by atomic mass is 35.5. The molecule has 0 fully saturated rings. The minimum Gasteiger partial charge on any atom is -0.492 e. The lowest BCUT2D eigenvalue weighted by atomic mass is 10.2. The van der Waals surface area contributed by atoms with Crippen molar-refractivity contribution in [1.29, 1.82) is 0 Å². The fourth-order valence-electron chi connectivity index (χ4n) is 2.61. The molecule has 0 aliphatic carbocycles. The summed E-state index contributed by atoms with van der Waals surface area (Å²) >= 11 is 12.7. The van der Waals surface area contributed by atoms with E-state index in [0.717, 1.165) is 4.70 Å². The minimum absolute atomic E-state index is 0.0912. The van der Waals surface area contributed by atoms with Crippen molar-refractivity contribution in [2.75, 3.05) is 11.9 Å². The molecular formula is C21H20ClN3O4S2. The molecule has 0 spiro atoms. The van der Waals surface area contributed by atoms with Gasteiger partial charge >= 0.3 is 5.97 Å². The Balaban J connectivity index is 1.66. The van der Waals surface area contributed by atoms with Crippen LogP contribution in [0.4, 0.5) is 5.13 Å². The SMILES string of the molecule is CCOc1ccc(C(=O)NC(=S)Nc2nc3ccc(C(=O)OC(C)C)cc3s2)cc1Cl. The van der Waals surface area contributed by atoms with Crippen LogP contribution in [0, 0.1) is 0 Å². The number of fused-ring (bicyclic) bond motifs is 1. The largest absolute Gasteiger partial charge is 0.492 e. The lowest BCUT2D eigenvalue weighted by Gasteiger charge is -2.09. The molecule has 0 radical (unpaired) electrons. The number of benzene rings is 2. The van der Waals surface area contributed by atoms with Crippen molar-refractivity contribution >= 4 is 67.5 Å². The fourth-order valence-corrected chi connectivity index (χ4v) is 4.00. The highest BCUT2D eigenvalue weighted by Gasteiger charge is 2.14. The second-order valence-electron chi connectivity index (χ2n) is 6.64. The molecule has 7 nitrogen and oxygen atoms in total. The monoisotopic (exact) mass is 477 g/mol. The number of hydrogen-bond donors (Lipinski definition) is 2. The Labute approximate surface area is 193 Å². The summed E-state index contributed by atoms with van der Waals surface area (Å²) in [6, 6.07) is 9.85. The second kappa shape index (κ2) is 10.0. The van der Waals surface area contributed by atoms with E-state index >= 15 is 0 Å². The first kappa shape index (κ1) is 22.9. The summed E-state index contributed by atoms with van der Waals surface area (Å²) in [4.78, 5) is 28.9. The van der Waals surface area contributed by atoms with E-state index in [1.165, 1.54) is 17.4 Å². The maximum atomic E-state index is 12.4. The second-order valence-corrected chi connectivity index (χ2v) is 8.49. The van der Waals surface area contributed by atoms with E-state index < -0.39 is 11.9 Å². The molecule has 10 heteroatoms. The summed E-state index contributed by atoms with van der Waals surface area (Å²) in [5.74, 6) is -0.300. The van der Waals surface area contributed by atoms with Crippen molar-refractivity contribution in [3.63, 3.8) is 0 Å². The molecule has 0 atom stereocenters. The Kier molecular flexibility index (Phi) is 7.42. The molecular weight excluding hydrogens is 458 g/mol. The Hall–Kier alpha value is -2.75. The topological polar surface area (TPSA) is 89.5 Å². The maximum Gasteiger partial charge on any atom is 0.338 e. The Morgan fingerprint density at radius 3 is 2.61 bits per heavy atom. The maximum absolute atomic E-state index is 12.4. The number of rotatable bonds is 6. The van der Waals surface area contributed by atoms with Crippen molar-refractivity contribution in [3.8, 4) is 5.75 Å². The molecule has 0 saturated carbocycles. The first-order chi connectivity index (χ1) is 14.8. The van der Waals surface area contributed by atoms with Crippen LogP contribution in [-0.4, -0.2) is 34.7 Å². The van der Waals surface area contributed by atoms with Crippen LogP contribution in [0.1, 0.15) is 41.5 Å². The van der Waals surface area contributed by atoms with Crippen LogP contribution in [0.25, 0.3) is 10.2 Å². The number of amides is 1. The van der Waals surface area contributed by atoms with Gasteiger partial charge in [-0.05, 0) is 69.4 Å². The van der Waals surface area contributed by atoms with Gasteiger partial charge < -0.3 is 14.8 Å². The number of halogens is 1. The summed E-state index contributed by atoms with van der Waals surface area (Å²) in [5.41, 5.74) is 1.48. The van der Waals surface area contributed by atoms with Gasteiger partial charge in [-0.15, -0.1) is 0 Å². The third-order valence-electron chi connectivity index (χ3n) is 3.91. The summed E-state index contributed by atoms with van der Waals surface area (Å²) in [7, 11) is 0. The van der Waals surface area contributed by atoms with E-state index in [4.69, 9.17) is 33.3 Å². The van der Waals surface area contributed by atoms with Gasteiger partial charge in [-0.1, -0.05) is 22.9 Å². The van der Waals surface area contributed by atoms with Gasteiger partial charge in [-0.25, -0.2) is 9.78 Å². The third kappa shape index (κ3) is 5.90. The van der Waals surface area contributed by atoms with E-state index in [1.54, 1.807) is 44.2 Å². The predicted octanol–water partition coefficient (Wildman–Crippen LogP) is 5.04. The molecule has 3 aromatic rings. The van der Waals surface area contributed by atoms with E-state index in [0.29, 0.717) is 39.2 Å². The smallest absolute Gasteiger partial charge is 0.338 e. The van der Waals surface area contributed by atoms with Crippen LogP contribution >= 0.6 is 35.2 Å². The number of anilines is 1. The molecule has 3 rings (SSSR count). The number of carbonyl (C=O) groups excluding carboxylic acids is 2. The minimum atomic E-state index is -0.415. The molecule has 1 amide bonds. The molecule has 0 bridgehead atoms. The van der Waals surface area contributed by atoms with Crippen LogP contribution in [0.15, 0.2) is 36.4 Å². The van der Waals surface area contributed by atoms with Gasteiger partial charge in [0.2, 0.25) is 0 Å². The molecule has 2 aromatic carbocycles. The zero-order chi connectivity index (χ0) is 22.5. The molecule has 2 N–H and O–H groups in total. The average Bonchev–Trinajstić information content (AvgIpc) is 3.10. The number of thiazole rings is 1. The summed E-state index contributed by atoms with van der Waals surface area (Å²) in [5, 5.41) is 6.40. The zero-order valence-corrected chi connectivity index (χ0v) is 19.4. The highest BCUT2D eigenvalue weighted by Crippen LogP contribution is 2.28. The quantitative estimate of drug-likeness (QED) is 0.379. The van der Waals surface area contributed by atoms with Crippen LogP contribution < -0.4 is 15.4 Å². The van der Waals surface area contributed by atoms with E-state index in [9.17, 15) is 9.59 Å². The molecule has 1 aromatic heterocycles. The number of hydrogen-bond acceptors (Lipinski definition) is 7. The summed E-state index contributed by atoms with van der Waals surface area (Å²) in [6.07, 6.45) is -0.201. The van der Waals surface area contributed by atoms with Gasteiger partial charge in [-0.2, -0.15) is 0 Å². The van der Waals surface area contributed by atoms with Crippen molar-refractivity contribution in [2.24, 2.45) is 0 Å². The summed E-state index contributed by atoms with van der Waals surface area (Å²) in [6.45, 7) is 5.91. The van der Waals surface area contributed by atoms with Gasteiger partial charge in [0.05, 0.1) is 33.5 Å². The Bertz CT molecular complexity index is 1150. The number of ether oxygens (including phenoxy) is 2. The predicted molar refractivity (Wildman–Crippen MR) is 126 cm³/mol. The number of aromatic nitrogens is 1. The van der Waals surface area contributed by atoms with Gasteiger partial charge in [-0.3, -0.25) is 10.1 Å². The van der Waals surface area contributed by atoms with Gasteiger partial charge in [0, 0.05) is 5.56 Å². The van der Waals surface area contributed by atoms with Crippen molar-refractivity contribution in [1.82, 2.24) is 10.3 Å². The van der Waals surface area contributed by atoms with E-state index in [1.807, 2.05) is 6.92 Å². The first-order valence-electron chi connectivity index (χ1n) is 9.43. The van der Waals surface area contributed by atoms with Crippen molar-refractivity contribution in [3.05, 3.63) is 52.5 Å². The third-order valence-corrected chi connectivity index (χ3v) is 5.34. The van der Waals surface area contributed by atoms with Crippen LogP contribution in [0.2, 0.25) is 5.02 Å². The lowest BCUT2D eigenvalue weighted by molar-refractivity contribution is 0.0378. The number of nitrogens with zero attached hydrogens (tertiary/aromatic N) is 1. The van der Waals surface area contributed by atoms with Gasteiger partial charge in [0.1, 0.15) is 5.75 Å². The Morgan fingerprint density at radius 1 is 1.19 bits per heavy atom. The molecule has 0 aliphatic heterocycles. The van der Waals surface area contributed by atoms with Crippen LogP contribution in [0.3, 0.4) is 0 Å². The normalized spacial score (nSPS) is 10.7. The molecule has 162 valence electrons. The molecule has 0 saturated heterocycles. The van der Waals surface area contributed by atoms with Gasteiger partial charge in [0.15, 0.2) is 10.2 Å². The average molecular weight is 478 g/mol. The van der Waals surface area contributed by atoms with Gasteiger partial charge in [0.25, 0.3) is 5.91 Å². The lowest BCUT2D eigenvalue weighted by Crippen LogP contribution is -2.34. The first-order valence-corrected chi connectivity index (χ1v) is 11.0. The Morgan fingerprint density at radius 2 is 1.94 bits per heavy atom. The molecule has 31 heavy (non-hydrogen) atoms. The van der Waals surface area contributed by atoms with E-state index in [-0.39, 0.29) is 11.2 Å². The van der Waals surface area contributed by atoms with Crippen molar-refractivity contribution in [2.45, 2.75) is 26.9 Å². The molecule has 0 aliphatic rings. The zero-order valence-electron chi connectivity index (χ0n) is 17.0. The number of thiocarbonyl (C=S) groups is 1. The van der Waals surface area contributed by atoms with E-state index in [2.05, 4.69) is 15.6 Å².